The zero-order valence-electron chi connectivity index (χ0n) is 12.4. The van der Waals surface area contributed by atoms with Crippen molar-refractivity contribution >= 4 is 0 Å². The number of hydrogen-bond donors (Lipinski definition) is 0. The number of rotatable bonds is 6. The topological polar surface area (TPSA) is 9.23 Å². The first kappa shape index (κ1) is 15.6. The van der Waals surface area contributed by atoms with Gasteiger partial charge in [0.1, 0.15) is 0 Å². The maximum Gasteiger partial charge on any atom is 0.256 e. The van der Waals surface area contributed by atoms with Crippen LogP contribution in [0.4, 0.5) is 8.78 Å². The van der Waals surface area contributed by atoms with Crippen molar-refractivity contribution in [2.45, 2.75) is 31.8 Å². The highest BCUT2D eigenvalue weighted by Gasteiger charge is 2.47. The molecule has 0 saturated heterocycles. The lowest BCUT2D eigenvalue weighted by Crippen LogP contribution is -2.44. The Morgan fingerprint density at radius 1 is 0.857 bits per heavy atom. The minimum atomic E-state index is -2.87. The van der Waals surface area contributed by atoms with Crippen molar-refractivity contribution in [3.63, 3.8) is 0 Å². The molecule has 0 heterocycles. The molecule has 1 nitrogen and oxygen atoms in total. The van der Waals surface area contributed by atoms with E-state index in [1.165, 1.54) is 0 Å². The zero-order chi connectivity index (χ0) is 15.3. The lowest BCUT2D eigenvalue weighted by Gasteiger charge is -2.35. The molecule has 2 aromatic carbocycles. The van der Waals surface area contributed by atoms with Crippen molar-refractivity contribution in [1.82, 2.24) is 0 Å². The van der Waals surface area contributed by atoms with Gasteiger partial charge in [-0.2, -0.15) is 0 Å². The van der Waals surface area contributed by atoms with Crippen LogP contribution in [0.2, 0.25) is 0 Å². The van der Waals surface area contributed by atoms with E-state index < -0.39 is 11.3 Å². The predicted octanol–water partition coefficient (Wildman–Crippen LogP) is 4.82. The van der Waals surface area contributed by atoms with E-state index in [9.17, 15) is 8.78 Å². The van der Waals surface area contributed by atoms with E-state index in [1.54, 1.807) is 31.2 Å². The summed E-state index contributed by atoms with van der Waals surface area (Å²) in [5, 5.41) is 0. The van der Waals surface area contributed by atoms with Crippen molar-refractivity contribution in [2.24, 2.45) is 0 Å². The first-order chi connectivity index (χ1) is 9.93. The Morgan fingerprint density at radius 2 is 1.38 bits per heavy atom. The smallest absolute Gasteiger partial charge is 0.256 e. The molecule has 0 N–H and O–H groups in total. The Morgan fingerprint density at radius 3 is 1.90 bits per heavy atom. The fourth-order valence-electron chi connectivity index (χ4n) is 2.22. The minimum absolute atomic E-state index is 0.0323. The average Bonchev–Trinajstić information content (AvgIpc) is 2.48. The van der Waals surface area contributed by atoms with Gasteiger partial charge in [0.25, 0.3) is 5.92 Å². The summed E-state index contributed by atoms with van der Waals surface area (Å²) in [5.74, 6) is -2.87. The van der Waals surface area contributed by atoms with Crippen molar-refractivity contribution in [3.05, 3.63) is 71.8 Å². The molecule has 0 radical (unpaired) electrons. The molecule has 0 unspecified atom stereocenters. The summed E-state index contributed by atoms with van der Waals surface area (Å²) >= 11 is 0. The third-order valence-electron chi connectivity index (χ3n) is 3.88. The Hall–Kier alpha value is -1.74. The number of benzene rings is 2. The molecule has 0 spiro atoms. The monoisotopic (exact) mass is 290 g/mol. The van der Waals surface area contributed by atoms with Crippen LogP contribution in [0.15, 0.2) is 60.7 Å². The molecule has 3 heteroatoms. The molecular weight excluding hydrogens is 270 g/mol. The lowest BCUT2D eigenvalue weighted by molar-refractivity contribution is -0.0907. The molecule has 1 atom stereocenters. The second-order valence-electron chi connectivity index (χ2n) is 5.56. The molecule has 0 bridgehead atoms. The maximum atomic E-state index is 14.1. The largest absolute Gasteiger partial charge is 0.376 e. The van der Waals surface area contributed by atoms with Crippen molar-refractivity contribution < 1.29 is 13.5 Å². The summed E-state index contributed by atoms with van der Waals surface area (Å²) in [6.45, 7) is 2.80. The van der Waals surface area contributed by atoms with Gasteiger partial charge in [0.05, 0.1) is 18.6 Å². The highest BCUT2D eigenvalue weighted by atomic mass is 19.3. The van der Waals surface area contributed by atoms with Crippen LogP contribution in [0.1, 0.15) is 25.0 Å². The van der Waals surface area contributed by atoms with E-state index in [2.05, 4.69) is 0 Å². The van der Waals surface area contributed by atoms with Gasteiger partial charge in [0, 0.05) is 6.92 Å². The fourth-order valence-corrected chi connectivity index (χ4v) is 2.22. The first-order valence-electron chi connectivity index (χ1n) is 6.98. The normalized spacial score (nSPS) is 14.7. The fraction of sp³-hybridized carbons (Fsp3) is 0.333. The Balaban J connectivity index is 2.11. The van der Waals surface area contributed by atoms with E-state index in [0.717, 1.165) is 12.5 Å². The number of hydrogen-bond acceptors (Lipinski definition) is 1. The highest BCUT2D eigenvalue weighted by Crippen LogP contribution is 2.39. The summed E-state index contributed by atoms with van der Waals surface area (Å²) < 4.78 is 33.8. The van der Waals surface area contributed by atoms with Crippen LogP contribution in [-0.2, 0) is 16.8 Å². The lowest BCUT2D eigenvalue weighted by atomic mass is 9.78. The molecule has 2 rings (SSSR count). The van der Waals surface area contributed by atoms with Crippen LogP contribution >= 0.6 is 0 Å². The standard InChI is InChI=1S/C18H20F2O/c1-17(18(2,19)20,16-11-7-4-8-12-16)14-21-13-15-9-5-3-6-10-15/h3-12H,13-14H2,1-2H3/t17-/m0/s1. The molecule has 0 aliphatic rings. The van der Waals surface area contributed by atoms with Crippen molar-refractivity contribution in [3.8, 4) is 0 Å². The summed E-state index contributed by atoms with van der Waals surface area (Å²) in [7, 11) is 0. The molecule has 0 aliphatic carbocycles. The Bertz CT molecular complexity index is 548. The molecule has 0 aromatic heterocycles. The summed E-state index contributed by atoms with van der Waals surface area (Å²) in [5.41, 5.74) is 0.223. The van der Waals surface area contributed by atoms with Gasteiger partial charge in [-0.25, -0.2) is 8.78 Å². The van der Waals surface area contributed by atoms with Gasteiger partial charge >= 0.3 is 0 Å². The molecule has 2 aromatic rings. The van der Waals surface area contributed by atoms with Gasteiger partial charge in [-0.3, -0.25) is 0 Å². The molecule has 0 saturated carbocycles. The second-order valence-corrected chi connectivity index (χ2v) is 5.56. The average molecular weight is 290 g/mol. The van der Waals surface area contributed by atoms with Gasteiger partial charge in [-0.1, -0.05) is 60.7 Å². The zero-order valence-corrected chi connectivity index (χ0v) is 12.4. The molecular formula is C18H20F2O. The Labute approximate surface area is 124 Å². The quantitative estimate of drug-likeness (QED) is 0.741. The number of ether oxygens (including phenoxy) is 1. The summed E-state index contributed by atoms with van der Waals surface area (Å²) in [4.78, 5) is 0. The third-order valence-corrected chi connectivity index (χ3v) is 3.88. The van der Waals surface area contributed by atoms with E-state index in [4.69, 9.17) is 4.74 Å². The summed E-state index contributed by atoms with van der Waals surface area (Å²) in [6, 6.07) is 18.4. The first-order valence-corrected chi connectivity index (χ1v) is 6.98. The van der Waals surface area contributed by atoms with Crippen molar-refractivity contribution in [2.75, 3.05) is 6.61 Å². The number of alkyl halides is 2. The van der Waals surface area contributed by atoms with Gasteiger partial charge in [-0.05, 0) is 18.1 Å². The van der Waals surface area contributed by atoms with Crippen LogP contribution in [0.5, 0.6) is 0 Å². The maximum absolute atomic E-state index is 14.1. The minimum Gasteiger partial charge on any atom is -0.376 e. The molecule has 0 aliphatic heterocycles. The number of halogens is 2. The Kier molecular flexibility index (Phi) is 4.73. The summed E-state index contributed by atoms with van der Waals surface area (Å²) in [6.07, 6.45) is 0. The van der Waals surface area contributed by atoms with Crippen LogP contribution in [0.3, 0.4) is 0 Å². The van der Waals surface area contributed by atoms with Crippen LogP contribution in [-0.4, -0.2) is 12.5 Å². The van der Waals surface area contributed by atoms with Gasteiger partial charge in [0.15, 0.2) is 0 Å². The van der Waals surface area contributed by atoms with Gasteiger partial charge < -0.3 is 4.74 Å². The highest BCUT2D eigenvalue weighted by molar-refractivity contribution is 5.27. The molecule has 112 valence electrons. The van der Waals surface area contributed by atoms with Crippen LogP contribution in [0.25, 0.3) is 0 Å². The van der Waals surface area contributed by atoms with Crippen LogP contribution < -0.4 is 0 Å². The predicted molar refractivity (Wildman–Crippen MR) is 80.5 cm³/mol. The van der Waals surface area contributed by atoms with E-state index in [-0.39, 0.29) is 6.61 Å². The van der Waals surface area contributed by atoms with E-state index in [1.807, 2.05) is 36.4 Å². The molecule has 0 amide bonds. The SMILES string of the molecule is CC(F)(F)[C@@](C)(COCc1ccccc1)c1ccccc1. The van der Waals surface area contributed by atoms with Gasteiger partial charge in [-0.15, -0.1) is 0 Å². The second kappa shape index (κ2) is 6.35. The van der Waals surface area contributed by atoms with E-state index >= 15 is 0 Å². The van der Waals surface area contributed by atoms with Crippen molar-refractivity contribution in [1.29, 1.82) is 0 Å². The van der Waals surface area contributed by atoms with Crippen LogP contribution in [0, 0.1) is 0 Å². The van der Waals surface area contributed by atoms with Gasteiger partial charge in [0.2, 0.25) is 0 Å². The molecule has 0 fully saturated rings. The molecule has 21 heavy (non-hydrogen) atoms. The third kappa shape index (κ3) is 3.67. The van der Waals surface area contributed by atoms with E-state index in [0.29, 0.717) is 12.2 Å².